The lowest BCUT2D eigenvalue weighted by Gasteiger charge is -2.46. The van der Waals surface area contributed by atoms with Gasteiger partial charge >= 0.3 is 0 Å². The van der Waals surface area contributed by atoms with Gasteiger partial charge in [-0.3, -0.25) is 9.69 Å². The largest absolute Gasteiger partial charge is 0.353 e. The molecule has 1 aromatic carbocycles. The molecule has 3 rings (SSSR count). The molecule has 0 radical (unpaired) electrons. The summed E-state index contributed by atoms with van der Waals surface area (Å²) in [5, 5.41) is 7.03. The van der Waals surface area contributed by atoms with Crippen LogP contribution in [0.1, 0.15) is 52.5 Å². The van der Waals surface area contributed by atoms with Crippen molar-refractivity contribution in [3.05, 3.63) is 35.9 Å². The van der Waals surface area contributed by atoms with Gasteiger partial charge in [-0.1, -0.05) is 30.3 Å². The summed E-state index contributed by atoms with van der Waals surface area (Å²) in [7, 11) is 0. The Morgan fingerprint density at radius 1 is 1.16 bits per heavy atom. The van der Waals surface area contributed by atoms with E-state index in [2.05, 4.69) is 67.5 Å². The molecule has 2 heterocycles. The number of benzene rings is 1. The Bertz CT molecular complexity index is 580. The number of carbonyl (C=O) groups excluding carboxylic acids is 1. The van der Waals surface area contributed by atoms with E-state index in [4.69, 9.17) is 0 Å². The number of hydrogen-bond acceptors (Lipinski definition) is 3. The van der Waals surface area contributed by atoms with Crippen LogP contribution in [0.15, 0.2) is 30.3 Å². The maximum Gasteiger partial charge on any atom is 0.224 e. The Morgan fingerprint density at radius 2 is 1.80 bits per heavy atom. The molecule has 2 saturated heterocycles. The summed E-state index contributed by atoms with van der Waals surface area (Å²) in [6.45, 7) is 11.7. The first-order valence-corrected chi connectivity index (χ1v) is 9.58. The van der Waals surface area contributed by atoms with Gasteiger partial charge in [0, 0.05) is 30.2 Å². The average Bonchev–Trinajstić information content (AvgIpc) is 2.93. The molecule has 1 amide bonds. The van der Waals surface area contributed by atoms with Crippen molar-refractivity contribution >= 4 is 5.91 Å². The molecule has 1 unspecified atom stereocenters. The fourth-order valence-corrected chi connectivity index (χ4v) is 4.78. The highest BCUT2D eigenvalue weighted by atomic mass is 16.2. The summed E-state index contributed by atoms with van der Waals surface area (Å²) in [4.78, 5) is 15.2. The molecule has 2 aliphatic heterocycles. The first-order chi connectivity index (χ1) is 11.7. The van der Waals surface area contributed by atoms with Gasteiger partial charge in [-0.05, 0) is 59.1 Å². The Balaban J connectivity index is 1.52. The molecule has 2 aliphatic rings. The normalized spacial score (nSPS) is 26.5. The number of piperidine rings is 1. The van der Waals surface area contributed by atoms with E-state index in [1.807, 2.05) is 6.07 Å². The average molecular weight is 344 g/mol. The maximum absolute atomic E-state index is 12.8. The van der Waals surface area contributed by atoms with Gasteiger partial charge in [0.05, 0.1) is 5.92 Å². The summed E-state index contributed by atoms with van der Waals surface area (Å²) >= 11 is 0. The van der Waals surface area contributed by atoms with E-state index in [0.29, 0.717) is 0 Å². The zero-order valence-corrected chi connectivity index (χ0v) is 16.1. The van der Waals surface area contributed by atoms with Crippen LogP contribution in [0.25, 0.3) is 0 Å². The second kappa shape index (κ2) is 7.08. The molecule has 0 aromatic heterocycles. The van der Waals surface area contributed by atoms with Crippen molar-refractivity contribution in [2.24, 2.45) is 5.92 Å². The second-order valence-electron chi connectivity index (χ2n) is 9.21. The molecular weight excluding hydrogens is 310 g/mol. The Labute approximate surface area is 152 Å². The van der Waals surface area contributed by atoms with Crippen molar-refractivity contribution in [3.8, 4) is 0 Å². The monoisotopic (exact) mass is 343 g/mol. The van der Waals surface area contributed by atoms with E-state index in [-0.39, 0.29) is 28.9 Å². The molecule has 25 heavy (non-hydrogen) atoms. The molecule has 4 nitrogen and oxygen atoms in total. The minimum Gasteiger partial charge on any atom is -0.353 e. The van der Waals surface area contributed by atoms with Crippen LogP contribution in [0.5, 0.6) is 0 Å². The molecule has 4 heteroatoms. The molecular formula is C21H33N3O. The molecule has 0 saturated carbocycles. The molecule has 0 spiro atoms. The van der Waals surface area contributed by atoms with Crippen LogP contribution < -0.4 is 10.6 Å². The van der Waals surface area contributed by atoms with Gasteiger partial charge < -0.3 is 10.6 Å². The number of nitrogens with zero attached hydrogens (tertiary/aromatic N) is 1. The van der Waals surface area contributed by atoms with Crippen LogP contribution in [0.3, 0.4) is 0 Å². The molecule has 1 atom stereocenters. The maximum atomic E-state index is 12.8. The van der Waals surface area contributed by atoms with Crippen molar-refractivity contribution < 1.29 is 4.79 Å². The van der Waals surface area contributed by atoms with E-state index >= 15 is 0 Å². The molecule has 2 N–H and O–H groups in total. The van der Waals surface area contributed by atoms with Crippen LogP contribution in [0.4, 0.5) is 0 Å². The quantitative estimate of drug-likeness (QED) is 0.883. The van der Waals surface area contributed by atoms with Gasteiger partial charge in [0.15, 0.2) is 0 Å². The van der Waals surface area contributed by atoms with Crippen molar-refractivity contribution in [1.29, 1.82) is 0 Å². The zero-order chi connectivity index (χ0) is 18.1. The molecule has 1 aromatic rings. The third-order valence-corrected chi connectivity index (χ3v) is 5.43. The lowest BCUT2D eigenvalue weighted by Crippen LogP contribution is -2.62. The van der Waals surface area contributed by atoms with Gasteiger partial charge in [-0.25, -0.2) is 0 Å². The fraction of sp³-hybridized carbons (Fsp3) is 0.667. The Morgan fingerprint density at radius 3 is 2.44 bits per heavy atom. The number of nitrogens with one attached hydrogen (secondary N) is 2. The number of hydrogen-bond donors (Lipinski definition) is 2. The van der Waals surface area contributed by atoms with E-state index in [1.54, 1.807) is 0 Å². The minimum absolute atomic E-state index is 0.0642. The second-order valence-corrected chi connectivity index (χ2v) is 9.21. The molecule has 138 valence electrons. The lowest BCUT2D eigenvalue weighted by molar-refractivity contribution is -0.125. The highest BCUT2D eigenvalue weighted by Crippen LogP contribution is 2.29. The van der Waals surface area contributed by atoms with Gasteiger partial charge in [0.1, 0.15) is 0 Å². The molecule has 0 aliphatic carbocycles. The van der Waals surface area contributed by atoms with E-state index in [0.717, 1.165) is 38.9 Å². The van der Waals surface area contributed by atoms with Gasteiger partial charge in [-0.15, -0.1) is 0 Å². The zero-order valence-electron chi connectivity index (χ0n) is 16.1. The number of carbonyl (C=O) groups is 1. The topological polar surface area (TPSA) is 44.4 Å². The van der Waals surface area contributed by atoms with Crippen LogP contribution in [0, 0.1) is 5.92 Å². The predicted molar refractivity (Wildman–Crippen MR) is 102 cm³/mol. The summed E-state index contributed by atoms with van der Waals surface area (Å²) in [6.07, 6.45) is 2.95. The van der Waals surface area contributed by atoms with Gasteiger partial charge in [-0.2, -0.15) is 0 Å². The van der Waals surface area contributed by atoms with E-state index < -0.39 is 0 Å². The van der Waals surface area contributed by atoms with Crippen LogP contribution >= 0.6 is 0 Å². The van der Waals surface area contributed by atoms with Crippen molar-refractivity contribution in [3.63, 3.8) is 0 Å². The van der Waals surface area contributed by atoms with Gasteiger partial charge in [0.2, 0.25) is 5.91 Å². The number of amides is 1. The smallest absolute Gasteiger partial charge is 0.224 e. The number of likely N-dealkylation sites (tertiary alicyclic amines) is 1. The van der Waals surface area contributed by atoms with Gasteiger partial charge in [0.25, 0.3) is 0 Å². The predicted octanol–water partition coefficient (Wildman–Crippen LogP) is 2.93. The van der Waals surface area contributed by atoms with E-state index in [9.17, 15) is 4.79 Å². The van der Waals surface area contributed by atoms with Crippen LogP contribution in [-0.4, -0.2) is 41.0 Å². The van der Waals surface area contributed by atoms with Crippen LogP contribution in [0.2, 0.25) is 0 Å². The SMILES string of the molecule is CC1(C)CC(NC(=O)C2CCN(Cc3ccccc3)C2)CC(C)(C)N1. The lowest BCUT2D eigenvalue weighted by atomic mass is 9.79. The van der Waals surface area contributed by atoms with E-state index in [1.165, 1.54) is 5.56 Å². The standard InChI is InChI=1S/C21H33N3O/c1-20(2)12-18(13-21(3,4)23-20)22-19(25)17-10-11-24(15-17)14-16-8-6-5-7-9-16/h5-9,17-18,23H,10-15H2,1-4H3,(H,22,25). The third kappa shape index (κ3) is 5.05. The first kappa shape index (κ1) is 18.4. The summed E-state index contributed by atoms with van der Waals surface area (Å²) in [5.74, 6) is 0.374. The minimum atomic E-state index is 0.0642. The highest BCUT2D eigenvalue weighted by molar-refractivity contribution is 5.79. The number of rotatable bonds is 4. The van der Waals surface area contributed by atoms with Crippen LogP contribution in [-0.2, 0) is 11.3 Å². The molecule has 0 bridgehead atoms. The summed E-state index contributed by atoms with van der Waals surface area (Å²) in [6, 6.07) is 10.8. The molecule has 2 fully saturated rings. The van der Waals surface area contributed by atoms with Crippen molar-refractivity contribution in [2.75, 3.05) is 13.1 Å². The highest BCUT2D eigenvalue weighted by Gasteiger charge is 2.39. The summed E-state index contributed by atoms with van der Waals surface area (Å²) in [5.41, 5.74) is 1.45. The van der Waals surface area contributed by atoms with Crippen molar-refractivity contribution in [2.45, 2.75) is 70.6 Å². The third-order valence-electron chi connectivity index (χ3n) is 5.43. The Hall–Kier alpha value is -1.39. The fourth-order valence-electron chi connectivity index (χ4n) is 4.78. The summed E-state index contributed by atoms with van der Waals surface area (Å²) < 4.78 is 0. The Kier molecular flexibility index (Phi) is 5.21. The first-order valence-electron chi connectivity index (χ1n) is 9.58. The van der Waals surface area contributed by atoms with Crippen molar-refractivity contribution in [1.82, 2.24) is 15.5 Å².